The number of aromatic nitrogens is 3. The summed E-state index contributed by atoms with van der Waals surface area (Å²) in [5.41, 5.74) is 2.16. The van der Waals surface area contributed by atoms with Crippen molar-refractivity contribution in [2.45, 2.75) is 26.9 Å². The van der Waals surface area contributed by atoms with E-state index in [1.165, 1.54) is 0 Å². The van der Waals surface area contributed by atoms with E-state index in [-0.39, 0.29) is 0 Å². The molecule has 4 rings (SSSR count). The average Bonchev–Trinajstić information content (AvgIpc) is 3.44. The van der Waals surface area contributed by atoms with E-state index in [1.807, 2.05) is 18.2 Å². The molecular weight excluding hydrogens is 388 g/mol. The van der Waals surface area contributed by atoms with Crippen molar-refractivity contribution >= 4 is 0 Å². The molecule has 0 radical (unpaired) electrons. The first-order chi connectivity index (χ1) is 14.7. The van der Waals surface area contributed by atoms with Crippen molar-refractivity contribution in [3.05, 3.63) is 29.5 Å². The van der Waals surface area contributed by atoms with E-state index in [9.17, 15) is 0 Å². The van der Waals surface area contributed by atoms with Gasteiger partial charge in [0.15, 0.2) is 17.2 Å². The maximum absolute atomic E-state index is 5.91. The Morgan fingerprint density at radius 2 is 1.97 bits per heavy atom. The predicted octanol–water partition coefficient (Wildman–Crippen LogP) is 3.19. The number of ether oxygens (including phenoxy) is 3. The highest BCUT2D eigenvalue weighted by Gasteiger charge is 2.25. The third-order valence-electron chi connectivity index (χ3n) is 5.20. The molecule has 1 aliphatic rings. The summed E-state index contributed by atoms with van der Waals surface area (Å²) < 4.78 is 27.7. The van der Waals surface area contributed by atoms with Crippen molar-refractivity contribution in [2.75, 3.05) is 40.0 Å². The Balaban J connectivity index is 1.50. The highest BCUT2D eigenvalue weighted by molar-refractivity contribution is 5.63. The van der Waals surface area contributed by atoms with Gasteiger partial charge in [-0.05, 0) is 31.3 Å². The van der Waals surface area contributed by atoms with Crippen LogP contribution in [0.2, 0.25) is 0 Å². The van der Waals surface area contributed by atoms with Crippen molar-refractivity contribution in [3.63, 3.8) is 0 Å². The molecule has 0 saturated heterocycles. The van der Waals surface area contributed by atoms with Crippen LogP contribution in [0.1, 0.15) is 25.2 Å². The molecule has 1 aromatic carbocycles. The Labute approximate surface area is 174 Å². The van der Waals surface area contributed by atoms with Gasteiger partial charge >= 0.3 is 0 Å². The van der Waals surface area contributed by atoms with Crippen LogP contribution in [0.15, 0.2) is 27.2 Å². The van der Waals surface area contributed by atoms with E-state index in [2.05, 4.69) is 34.0 Å². The van der Waals surface area contributed by atoms with Gasteiger partial charge in [-0.25, -0.2) is 0 Å². The van der Waals surface area contributed by atoms with Gasteiger partial charge in [0.2, 0.25) is 5.82 Å². The minimum Gasteiger partial charge on any atom is -0.493 e. The molecule has 0 N–H and O–H groups in total. The van der Waals surface area contributed by atoms with Crippen LogP contribution in [0.5, 0.6) is 11.5 Å². The standard InChI is InChI=1S/C21H26N4O5/c1-4-25(5-2)9-11-28-17-7-6-14(12-18(17)26-3)20-22-21(30-24-20)19-15-13-27-10-8-16(15)29-23-19/h6-7,12H,4-5,8-11,13H2,1-3H3. The lowest BCUT2D eigenvalue weighted by Gasteiger charge is -2.18. The zero-order valence-corrected chi connectivity index (χ0v) is 17.5. The summed E-state index contributed by atoms with van der Waals surface area (Å²) in [5, 5.41) is 8.18. The van der Waals surface area contributed by atoms with Gasteiger partial charge < -0.3 is 28.2 Å². The fourth-order valence-electron chi connectivity index (χ4n) is 3.38. The molecule has 0 spiro atoms. The lowest BCUT2D eigenvalue weighted by atomic mass is 10.1. The number of hydrogen-bond donors (Lipinski definition) is 0. The van der Waals surface area contributed by atoms with Crippen LogP contribution in [-0.4, -0.2) is 60.2 Å². The highest BCUT2D eigenvalue weighted by atomic mass is 16.5. The fraction of sp³-hybridized carbons (Fsp3) is 0.476. The van der Waals surface area contributed by atoms with Crippen LogP contribution in [-0.2, 0) is 17.8 Å². The molecular formula is C21H26N4O5. The Morgan fingerprint density at radius 3 is 2.77 bits per heavy atom. The van der Waals surface area contributed by atoms with Crippen LogP contribution in [0.3, 0.4) is 0 Å². The van der Waals surface area contributed by atoms with Crippen molar-refractivity contribution in [1.82, 2.24) is 20.2 Å². The van der Waals surface area contributed by atoms with Crippen LogP contribution in [0.4, 0.5) is 0 Å². The number of benzene rings is 1. The molecule has 2 aromatic heterocycles. The Morgan fingerprint density at radius 1 is 1.10 bits per heavy atom. The molecule has 3 heterocycles. The summed E-state index contributed by atoms with van der Waals surface area (Å²) >= 11 is 0. The molecule has 9 nitrogen and oxygen atoms in total. The molecule has 0 atom stereocenters. The number of nitrogens with zero attached hydrogens (tertiary/aromatic N) is 4. The van der Waals surface area contributed by atoms with E-state index in [1.54, 1.807) is 7.11 Å². The largest absolute Gasteiger partial charge is 0.493 e. The van der Waals surface area contributed by atoms with Crippen LogP contribution < -0.4 is 9.47 Å². The van der Waals surface area contributed by atoms with E-state index >= 15 is 0 Å². The minimum absolute atomic E-state index is 0.305. The first kappa shape index (κ1) is 20.4. The average molecular weight is 414 g/mol. The zero-order valence-electron chi connectivity index (χ0n) is 17.5. The second-order valence-corrected chi connectivity index (χ2v) is 6.90. The van der Waals surface area contributed by atoms with Crippen molar-refractivity contribution in [2.24, 2.45) is 0 Å². The number of rotatable bonds is 9. The smallest absolute Gasteiger partial charge is 0.280 e. The number of hydrogen-bond acceptors (Lipinski definition) is 9. The number of likely N-dealkylation sites (N-methyl/N-ethyl adjacent to an activating group) is 1. The number of fused-ring (bicyclic) bond motifs is 1. The molecule has 1 aliphatic heterocycles. The van der Waals surface area contributed by atoms with Gasteiger partial charge in [0.05, 0.1) is 25.9 Å². The number of methoxy groups -OCH3 is 1. The molecule has 30 heavy (non-hydrogen) atoms. The summed E-state index contributed by atoms with van der Waals surface area (Å²) in [6, 6.07) is 5.58. The van der Waals surface area contributed by atoms with Crippen molar-refractivity contribution < 1.29 is 23.3 Å². The van der Waals surface area contributed by atoms with Gasteiger partial charge in [-0.2, -0.15) is 4.98 Å². The summed E-state index contributed by atoms with van der Waals surface area (Å²) in [6.07, 6.45) is 0.691. The summed E-state index contributed by atoms with van der Waals surface area (Å²) in [7, 11) is 1.61. The Kier molecular flexibility index (Phi) is 6.29. The second-order valence-electron chi connectivity index (χ2n) is 6.90. The van der Waals surface area contributed by atoms with Gasteiger partial charge in [0.1, 0.15) is 12.4 Å². The molecule has 0 fully saturated rings. The molecule has 3 aromatic rings. The molecule has 0 bridgehead atoms. The normalized spacial score (nSPS) is 13.5. The predicted molar refractivity (Wildman–Crippen MR) is 108 cm³/mol. The maximum Gasteiger partial charge on any atom is 0.280 e. The zero-order chi connectivity index (χ0) is 20.9. The lowest BCUT2D eigenvalue weighted by Crippen LogP contribution is -2.27. The first-order valence-corrected chi connectivity index (χ1v) is 10.2. The van der Waals surface area contributed by atoms with Crippen LogP contribution in [0.25, 0.3) is 23.0 Å². The van der Waals surface area contributed by atoms with Gasteiger partial charge in [0, 0.05) is 18.5 Å². The Hall–Kier alpha value is -2.91. The van der Waals surface area contributed by atoms with Gasteiger partial charge in [0.25, 0.3) is 5.89 Å². The SMILES string of the molecule is CCN(CC)CCOc1ccc(-c2noc(-c3noc4c3COCC4)n2)cc1OC. The van der Waals surface area contributed by atoms with Gasteiger partial charge in [-0.1, -0.05) is 24.2 Å². The quantitative estimate of drug-likeness (QED) is 0.523. The van der Waals surface area contributed by atoms with E-state index in [0.29, 0.717) is 55.1 Å². The minimum atomic E-state index is 0.305. The van der Waals surface area contributed by atoms with Crippen molar-refractivity contribution in [1.29, 1.82) is 0 Å². The summed E-state index contributed by atoms with van der Waals surface area (Å²) in [5.74, 6) is 2.85. The lowest BCUT2D eigenvalue weighted by molar-refractivity contribution is 0.103. The van der Waals surface area contributed by atoms with E-state index < -0.39 is 0 Å². The second kappa shape index (κ2) is 9.27. The van der Waals surface area contributed by atoms with E-state index in [4.69, 9.17) is 23.3 Å². The third kappa shape index (κ3) is 4.17. The van der Waals surface area contributed by atoms with Crippen LogP contribution >= 0.6 is 0 Å². The molecule has 160 valence electrons. The monoisotopic (exact) mass is 414 g/mol. The molecule has 0 saturated carbocycles. The highest BCUT2D eigenvalue weighted by Crippen LogP contribution is 2.33. The first-order valence-electron chi connectivity index (χ1n) is 10.2. The molecule has 9 heteroatoms. The summed E-state index contributed by atoms with van der Waals surface area (Å²) in [4.78, 5) is 6.79. The topological polar surface area (TPSA) is 95.9 Å². The molecule has 0 unspecified atom stereocenters. The van der Waals surface area contributed by atoms with Gasteiger partial charge in [-0.3, -0.25) is 0 Å². The van der Waals surface area contributed by atoms with E-state index in [0.717, 1.165) is 36.5 Å². The van der Waals surface area contributed by atoms with Crippen molar-refractivity contribution in [3.8, 4) is 34.5 Å². The summed E-state index contributed by atoms with van der Waals surface area (Å²) in [6.45, 7) is 8.77. The fourth-order valence-corrected chi connectivity index (χ4v) is 3.38. The third-order valence-corrected chi connectivity index (χ3v) is 5.20. The Bertz CT molecular complexity index is 980. The van der Waals surface area contributed by atoms with Gasteiger partial charge in [-0.15, -0.1) is 0 Å². The molecule has 0 aliphatic carbocycles. The van der Waals surface area contributed by atoms with Crippen LogP contribution in [0, 0.1) is 0 Å². The maximum atomic E-state index is 5.91. The molecule has 0 amide bonds.